The maximum absolute atomic E-state index is 11.0. The van der Waals surface area contributed by atoms with Gasteiger partial charge in [-0.2, -0.15) is 0 Å². The first-order chi connectivity index (χ1) is 8.22. The van der Waals surface area contributed by atoms with Crippen LogP contribution < -0.4 is 11.3 Å². The van der Waals surface area contributed by atoms with Crippen molar-refractivity contribution in [1.82, 2.24) is 4.98 Å². The second-order valence-electron chi connectivity index (χ2n) is 2.95. The Balaban J connectivity index is 2.42. The van der Waals surface area contributed by atoms with Crippen molar-refractivity contribution in [1.29, 1.82) is 0 Å². The molecule has 0 amide bonds. The number of nitro groups is 1. The smallest absolute Gasteiger partial charge is 0.307 e. The lowest BCUT2D eigenvalue weighted by Gasteiger charge is -2.04. The lowest BCUT2D eigenvalue weighted by atomic mass is 10.3. The third kappa shape index (κ3) is 2.37. The maximum Gasteiger partial charge on any atom is 0.307 e. The fourth-order valence-corrected chi connectivity index (χ4v) is 2.10. The van der Waals surface area contributed by atoms with Gasteiger partial charge in [0, 0.05) is 0 Å². The van der Waals surface area contributed by atoms with Crippen molar-refractivity contribution in [3.63, 3.8) is 0 Å². The van der Waals surface area contributed by atoms with Gasteiger partial charge >= 0.3 is 5.69 Å². The molecule has 0 fully saturated rings. The van der Waals surface area contributed by atoms with E-state index in [1.165, 1.54) is 18.5 Å². The minimum Gasteiger partial charge on any atom is -0.440 e. The first kappa shape index (κ1) is 11.4. The number of para-hydroxylation sites is 1. The molecule has 0 aliphatic carbocycles. The summed E-state index contributed by atoms with van der Waals surface area (Å²) >= 11 is 1.06. The Labute approximate surface area is 100 Å². The zero-order valence-corrected chi connectivity index (χ0v) is 9.31. The molecule has 0 aliphatic rings. The highest BCUT2D eigenvalue weighted by atomic mass is 32.2. The number of hydrogen-bond acceptors (Lipinski definition) is 7. The van der Waals surface area contributed by atoms with E-state index in [4.69, 9.17) is 10.3 Å². The van der Waals surface area contributed by atoms with E-state index in [0.29, 0.717) is 10.1 Å². The van der Waals surface area contributed by atoms with Crippen LogP contribution in [0, 0.1) is 10.1 Å². The number of rotatable bonds is 4. The van der Waals surface area contributed by atoms with Gasteiger partial charge in [0.15, 0.2) is 0 Å². The van der Waals surface area contributed by atoms with E-state index in [1.54, 1.807) is 12.1 Å². The summed E-state index contributed by atoms with van der Waals surface area (Å²) in [6.45, 7) is 0. The third-order valence-electron chi connectivity index (χ3n) is 1.94. The Morgan fingerprint density at radius 3 is 2.94 bits per heavy atom. The van der Waals surface area contributed by atoms with Gasteiger partial charge in [0.05, 0.1) is 16.0 Å². The molecule has 0 aliphatic heterocycles. The number of nitrogens with zero attached hydrogens (tertiary/aromatic N) is 2. The Morgan fingerprint density at radius 1 is 1.53 bits per heavy atom. The van der Waals surface area contributed by atoms with Crippen LogP contribution in [0.1, 0.15) is 0 Å². The van der Waals surface area contributed by atoms with Crippen LogP contribution in [0.3, 0.4) is 0 Å². The van der Waals surface area contributed by atoms with Crippen LogP contribution in [0.15, 0.2) is 45.2 Å². The normalized spacial score (nSPS) is 10.2. The van der Waals surface area contributed by atoms with Crippen LogP contribution >= 0.6 is 11.8 Å². The first-order valence-corrected chi connectivity index (χ1v) is 5.35. The molecule has 2 aromatic rings. The van der Waals surface area contributed by atoms with Crippen LogP contribution in [0.4, 0.5) is 11.4 Å². The van der Waals surface area contributed by atoms with Crippen LogP contribution in [0.2, 0.25) is 0 Å². The number of hydrogen-bond donors (Lipinski definition) is 2. The SMILES string of the molecule is NNc1cccc(Sc2ncco2)c1[N+](=O)[O-]. The number of benzene rings is 1. The topological polar surface area (TPSA) is 107 Å². The highest BCUT2D eigenvalue weighted by Gasteiger charge is 2.20. The van der Waals surface area contributed by atoms with E-state index in [2.05, 4.69) is 10.4 Å². The molecule has 1 heterocycles. The second kappa shape index (κ2) is 4.85. The molecule has 1 aromatic heterocycles. The fourth-order valence-electron chi connectivity index (χ4n) is 1.26. The molecular weight excluding hydrogens is 244 g/mol. The molecule has 2 rings (SSSR count). The van der Waals surface area contributed by atoms with E-state index in [9.17, 15) is 10.1 Å². The first-order valence-electron chi connectivity index (χ1n) is 4.53. The average Bonchev–Trinajstić information content (AvgIpc) is 2.81. The van der Waals surface area contributed by atoms with Gasteiger partial charge in [-0.25, -0.2) is 4.98 Å². The maximum atomic E-state index is 11.0. The molecule has 0 saturated carbocycles. The fraction of sp³-hybridized carbons (Fsp3) is 0. The van der Waals surface area contributed by atoms with Crippen LogP contribution in [-0.4, -0.2) is 9.91 Å². The predicted molar refractivity (Wildman–Crippen MR) is 61.5 cm³/mol. The molecule has 1 aromatic carbocycles. The summed E-state index contributed by atoms with van der Waals surface area (Å²) in [5, 5.41) is 11.3. The minimum absolute atomic E-state index is 0.0989. The van der Waals surface area contributed by atoms with Crippen LogP contribution in [-0.2, 0) is 0 Å². The summed E-state index contributed by atoms with van der Waals surface area (Å²) < 4.78 is 5.02. The Kier molecular flexibility index (Phi) is 3.26. The van der Waals surface area contributed by atoms with Crippen LogP contribution in [0.25, 0.3) is 0 Å². The lowest BCUT2D eigenvalue weighted by Crippen LogP contribution is -2.09. The molecule has 0 radical (unpaired) electrons. The molecule has 0 atom stereocenters. The van der Waals surface area contributed by atoms with Crippen molar-refractivity contribution in [3.05, 3.63) is 40.8 Å². The summed E-state index contributed by atoms with van der Waals surface area (Å²) in [7, 11) is 0. The largest absolute Gasteiger partial charge is 0.440 e. The van der Waals surface area contributed by atoms with Gasteiger partial charge in [0.2, 0.25) is 0 Å². The monoisotopic (exact) mass is 252 g/mol. The lowest BCUT2D eigenvalue weighted by molar-refractivity contribution is -0.386. The second-order valence-corrected chi connectivity index (χ2v) is 3.95. The Bertz CT molecular complexity index is 529. The van der Waals surface area contributed by atoms with E-state index >= 15 is 0 Å². The van der Waals surface area contributed by atoms with Gasteiger partial charge in [-0.05, 0) is 23.9 Å². The van der Waals surface area contributed by atoms with Gasteiger partial charge in [-0.3, -0.25) is 16.0 Å². The molecule has 17 heavy (non-hydrogen) atoms. The molecule has 0 bridgehead atoms. The summed E-state index contributed by atoms with van der Waals surface area (Å²) in [6.07, 6.45) is 2.87. The quantitative estimate of drug-likeness (QED) is 0.487. The molecule has 88 valence electrons. The molecular formula is C9H8N4O3S. The van der Waals surface area contributed by atoms with Crippen LogP contribution in [0.5, 0.6) is 0 Å². The van der Waals surface area contributed by atoms with Crippen molar-refractivity contribution in [2.45, 2.75) is 10.1 Å². The zero-order valence-electron chi connectivity index (χ0n) is 8.49. The number of aromatic nitrogens is 1. The average molecular weight is 252 g/mol. The summed E-state index contributed by atoms with van der Waals surface area (Å²) in [4.78, 5) is 14.8. The van der Waals surface area contributed by atoms with E-state index in [1.807, 2.05) is 0 Å². The van der Waals surface area contributed by atoms with Gasteiger partial charge in [0.1, 0.15) is 12.0 Å². The third-order valence-corrected chi connectivity index (χ3v) is 2.87. The summed E-state index contributed by atoms with van der Waals surface area (Å²) in [5.41, 5.74) is 2.43. The van der Waals surface area contributed by atoms with Crippen molar-refractivity contribution in [2.75, 3.05) is 5.43 Å². The minimum atomic E-state index is -0.500. The zero-order chi connectivity index (χ0) is 12.3. The van der Waals surface area contributed by atoms with Gasteiger partial charge < -0.3 is 9.84 Å². The molecule has 3 N–H and O–H groups in total. The number of oxazole rings is 1. The van der Waals surface area contributed by atoms with Gasteiger partial charge in [-0.15, -0.1) is 0 Å². The summed E-state index contributed by atoms with van der Waals surface area (Å²) in [6, 6.07) is 4.79. The van der Waals surface area contributed by atoms with Crippen molar-refractivity contribution < 1.29 is 9.34 Å². The molecule has 0 saturated heterocycles. The van der Waals surface area contributed by atoms with Crippen molar-refractivity contribution in [2.24, 2.45) is 5.84 Å². The molecule has 8 heteroatoms. The highest BCUT2D eigenvalue weighted by Crippen LogP contribution is 2.38. The molecule has 0 spiro atoms. The van der Waals surface area contributed by atoms with Crippen molar-refractivity contribution in [3.8, 4) is 0 Å². The molecule has 0 unspecified atom stereocenters. The van der Waals surface area contributed by atoms with E-state index < -0.39 is 4.92 Å². The van der Waals surface area contributed by atoms with Gasteiger partial charge in [0.25, 0.3) is 5.22 Å². The Hall–Kier alpha value is -2.06. The predicted octanol–water partition coefficient (Wildman–Crippen LogP) is 2.02. The Morgan fingerprint density at radius 2 is 2.35 bits per heavy atom. The van der Waals surface area contributed by atoms with E-state index in [0.717, 1.165) is 11.8 Å². The number of nitro benzene ring substituents is 1. The van der Waals surface area contributed by atoms with E-state index in [-0.39, 0.29) is 11.4 Å². The highest BCUT2D eigenvalue weighted by molar-refractivity contribution is 7.99. The number of hydrazine groups is 1. The number of anilines is 1. The standard InChI is InChI=1S/C9H8N4O3S/c10-12-6-2-1-3-7(8(6)13(14)15)17-9-11-4-5-16-9/h1-5,12H,10H2. The van der Waals surface area contributed by atoms with Crippen molar-refractivity contribution >= 4 is 23.1 Å². The number of nitrogens with two attached hydrogens (primary N) is 1. The summed E-state index contributed by atoms with van der Waals surface area (Å²) in [5.74, 6) is 5.23. The van der Waals surface area contributed by atoms with Gasteiger partial charge in [-0.1, -0.05) is 6.07 Å². The number of nitrogens with one attached hydrogen (secondary N) is 1. The number of nitrogen functional groups attached to an aromatic ring is 1. The molecule has 7 nitrogen and oxygen atoms in total.